The van der Waals surface area contributed by atoms with E-state index in [0.29, 0.717) is 17.2 Å². The van der Waals surface area contributed by atoms with Crippen molar-refractivity contribution in [2.45, 2.75) is 25.7 Å². The number of hydrogen-bond acceptors (Lipinski definition) is 9. The van der Waals surface area contributed by atoms with Crippen LogP contribution in [0.5, 0.6) is 0 Å². The van der Waals surface area contributed by atoms with E-state index in [1.807, 2.05) is 0 Å². The molecule has 0 saturated carbocycles. The summed E-state index contributed by atoms with van der Waals surface area (Å²) in [5.74, 6) is 2.27. The molecule has 4 rings (SSSR count). The van der Waals surface area contributed by atoms with Gasteiger partial charge in [0, 0.05) is 39.8 Å². The van der Waals surface area contributed by atoms with Gasteiger partial charge in [0.1, 0.15) is 0 Å². The van der Waals surface area contributed by atoms with E-state index in [9.17, 15) is 0 Å². The molecule has 2 aromatic rings. The molecule has 0 aromatic carbocycles. The van der Waals surface area contributed by atoms with E-state index in [1.165, 1.54) is 25.7 Å². The number of anilines is 2. The van der Waals surface area contributed by atoms with Crippen LogP contribution in [0, 0.1) is 5.92 Å². The number of aromatic nitrogens is 4. The summed E-state index contributed by atoms with van der Waals surface area (Å²) in [6.45, 7) is 6.95. The van der Waals surface area contributed by atoms with Crippen molar-refractivity contribution in [1.29, 1.82) is 0 Å². The zero-order valence-corrected chi connectivity index (χ0v) is 15.4. The average Bonchev–Trinajstić information content (AvgIpc) is 3.35. The second kappa shape index (κ2) is 8.13. The lowest BCUT2D eigenvalue weighted by atomic mass is 9.98. The zero-order chi connectivity index (χ0) is 17.8. The Kier molecular flexibility index (Phi) is 5.45. The number of piperidine rings is 1. The molecule has 2 aliphatic rings. The normalized spacial score (nSPS) is 21.6. The van der Waals surface area contributed by atoms with Crippen molar-refractivity contribution < 1.29 is 9.37 Å². The van der Waals surface area contributed by atoms with Gasteiger partial charge < -0.3 is 19.9 Å². The highest BCUT2D eigenvalue weighted by Gasteiger charge is 2.23. The fourth-order valence-corrected chi connectivity index (χ4v) is 3.88. The van der Waals surface area contributed by atoms with E-state index in [-0.39, 0.29) is 0 Å². The maximum Gasteiger partial charge on any atom is 0.245 e. The van der Waals surface area contributed by atoms with Gasteiger partial charge in [-0.2, -0.15) is 0 Å². The Morgan fingerprint density at radius 2 is 1.92 bits per heavy atom. The Hall–Kier alpha value is -2.00. The van der Waals surface area contributed by atoms with Crippen molar-refractivity contribution in [3.8, 4) is 0 Å². The van der Waals surface area contributed by atoms with Crippen LogP contribution >= 0.6 is 0 Å². The van der Waals surface area contributed by atoms with Gasteiger partial charge in [-0.05, 0) is 48.5 Å². The largest absolute Gasteiger partial charge is 0.383 e. The lowest BCUT2D eigenvalue weighted by molar-refractivity contribution is 0.117. The minimum absolute atomic E-state index is 0.459. The highest BCUT2D eigenvalue weighted by Crippen LogP contribution is 2.27. The predicted octanol–water partition coefficient (Wildman–Crippen LogP) is 1.38. The first-order valence-corrected chi connectivity index (χ1v) is 9.54. The van der Waals surface area contributed by atoms with Crippen molar-refractivity contribution in [2.24, 2.45) is 5.92 Å². The third-order valence-electron chi connectivity index (χ3n) is 5.27. The van der Waals surface area contributed by atoms with Crippen molar-refractivity contribution in [3.05, 3.63) is 0 Å². The highest BCUT2D eigenvalue weighted by molar-refractivity contribution is 5.74. The summed E-state index contributed by atoms with van der Waals surface area (Å²) in [6, 6.07) is 0. The average molecular weight is 361 g/mol. The Morgan fingerprint density at radius 1 is 1.12 bits per heavy atom. The molecule has 0 spiro atoms. The first-order chi connectivity index (χ1) is 12.8. The Bertz CT molecular complexity index is 716. The SMILES string of the molecule is COCCN1CCC[C@@H](CNc2nc3nonc3nc2N2CCCC2)C1. The summed E-state index contributed by atoms with van der Waals surface area (Å²) >= 11 is 0. The topological polar surface area (TPSA) is 92.4 Å². The Balaban J connectivity index is 1.45. The molecular weight excluding hydrogens is 334 g/mol. The van der Waals surface area contributed by atoms with Crippen LogP contribution < -0.4 is 10.2 Å². The third-order valence-corrected chi connectivity index (χ3v) is 5.27. The monoisotopic (exact) mass is 361 g/mol. The maximum atomic E-state index is 5.21. The summed E-state index contributed by atoms with van der Waals surface area (Å²) in [7, 11) is 1.76. The molecule has 2 saturated heterocycles. The number of likely N-dealkylation sites (tertiary alicyclic amines) is 1. The van der Waals surface area contributed by atoms with Gasteiger partial charge >= 0.3 is 0 Å². The number of hydrogen-bond donors (Lipinski definition) is 1. The molecule has 26 heavy (non-hydrogen) atoms. The minimum Gasteiger partial charge on any atom is -0.383 e. The fraction of sp³-hybridized carbons (Fsp3) is 0.765. The number of nitrogens with one attached hydrogen (secondary N) is 1. The lowest BCUT2D eigenvalue weighted by Crippen LogP contribution is -2.39. The molecule has 2 aliphatic heterocycles. The van der Waals surface area contributed by atoms with Crippen molar-refractivity contribution in [3.63, 3.8) is 0 Å². The fourth-order valence-electron chi connectivity index (χ4n) is 3.88. The minimum atomic E-state index is 0.459. The third kappa shape index (κ3) is 3.88. The summed E-state index contributed by atoms with van der Waals surface area (Å²) < 4.78 is 10.0. The first kappa shape index (κ1) is 17.4. The van der Waals surface area contributed by atoms with E-state index in [4.69, 9.17) is 9.37 Å². The molecule has 4 heterocycles. The van der Waals surface area contributed by atoms with Crippen molar-refractivity contribution in [1.82, 2.24) is 25.2 Å². The summed E-state index contributed by atoms with van der Waals surface area (Å²) in [5, 5.41) is 11.2. The van der Waals surface area contributed by atoms with Crippen LogP contribution in [-0.4, -0.2) is 78.2 Å². The van der Waals surface area contributed by atoms with Gasteiger partial charge in [-0.1, -0.05) is 0 Å². The molecule has 0 aliphatic carbocycles. The highest BCUT2D eigenvalue weighted by atomic mass is 16.6. The van der Waals surface area contributed by atoms with E-state index in [0.717, 1.165) is 57.5 Å². The molecule has 9 nitrogen and oxygen atoms in total. The summed E-state index contributed by atoms with van der Waals surface area (Å²) in [5.41, 5.74) is 0.932. The lowest BCUT2D eigenvalue weighted by Gasteiger charge is -2.32. The van der Waals surface area contributed by atoms with E-state index < -0.39 is 0 Å². The van der Waals surface area contributed by atoms with Crippen molar-refractivity contribution >= 4 is 22.9 Å². The van der Waals surface area contributed by atoms with Gasteiger partial charge in [-0.15, -0.1) is 0 Å². The van der Waals surface area contributed by atoms with E-state index >= 15 is 0 Å². The van der Waals surface area contributed by atoms with Gasteiger partial charge in [-0.25, -0.2) is 14.6 Å². The van der Waals surface area contributed by atoms with Crippen LogP contribution in [0.1, 0.15) is 25.7 Å². The van der Waals surface area contributed by atoms with Crippen LogP contribution in [0.3, 0.4) is 0 Å². The second-order valence-corrected chi connectivity index (χ2v) is 7.18. The molecule has 0 unspecified atom stereocenters. The van der Waals surface area contributed by atoms with Crippen molar-refractivity contribution in [2.75, 3.05) is 63.2 Å². The molecular formula is C17H27N7O2. The van der Waals surface area contributed by atoms with Crippen LogP contribution in [0.2, 0.25) is 0 Å². The number of rotatable bonds is 7. The van der Waals surface area contributed by atoms with Gasteiger partial charge in [0.15, 0.2) is 11.6 Å². The molecule has 0 radical (unpaired) electrons. The number of methoxy groups -OCH3 is 1. The molecule has 9 heteroatoms. The molecule has 2 fully saturated rings. The number of ether oxygens (including phenoxy) is 1. The standard InChI is InChI=1S/C17H27N7O2/c1-25-10-9-23-6-4-5-13(12-23)11-18-16-17(24-7-2-3-8-24)20-15-14(19-16)21-26-22-15/h13H,2-12H2,1H3,(H,18,19,21)/t13-/m0/s1. The maximum absolute atomic E-state index is 5.21. The van der Waals surface area contributed by atoms with Crippen LogP contribution in [-0.2, 0) is 4.74 Å². The molecule has 142 valence electrons. The molecule has 0 amide bonds. The summed E-state index contributed by atoms with van der Waals surface area (Å²) in [4.78, 5) is 14.0. The van der Waals surface area contributed by atoms with Gasteiger partial charge in [0.25, 0.3) is 0 Å². The Morgan fingerprint density at radius 3 is 2.73 bits per heavy atom. The first-order valence-electron chi connectivity index (χ1n) is 9.54. The van der Waals surface area contributed by atoms with Crippen LogP contribution in [0.25, 0.3) is 11.3 Å². The zero-order valence-electron chi connectivity index (χ0n) is 15.4. The van der Waals surface area contributed by atoms with E-state index in [1.54, 1.807) is 7.11 Å². The second-order valence-electron chi connectivity index (χ2n) is 7.18. The van der Waals surface area contributed by atoms with E-state index in [2.05, 4.69) is 35.4 Å². The number of fused-ring (bicyclic) bond motifs is 1. The predicted molar refractivity (Wildman–Crippen MR) is 98.4 cm³/mol. The Labute approximate surface area is 153 Å². The molecule has 1 N–H and O–H groups in total. The van der Waals surface area contributed by atoms with Gasteiger partial charge in [0.2, 0.25) is 11.3 Å². The van der Waals surface area contributed by atoms with Crippen LogP contribution in [0.4, 0.5) is 11.6 Å². The number of nitrogens with zero attached hydrogens (tertiary/aromatic N) is 6. The molecule has 1 atom stereocenters. The summed E-state index contributed by atoms with van der Waals surface area (Å²) in [6.07, 6.45) is 4.84. The van der Waals surface area contributed by atoms with Crippen LogP contribution in [0.15, 0.2) is 4.63 Å². The van der Waals surface area contributed by atoms with Gasteiger partial charge in [0.05, 0.1) is 6.61 Å². The molecule has 0 bridgehead atoms. The van der Waals surface area contributed by atoms with Gasteiger partial charge in [-0.3, -0.25) is 0 Å². The smallest absolute Gasteiger partial charge is 0.245 e. The molecule has 2 aromatic heterocycles. The quantitative estimate of drug-likeness (QED) is 0.785.